The molecule has 0 aliphatic rings. The zero-order chi connectivity index (χ0) is 10.7. The van der Waals surface area contributed by atoms with Gasteiger partial charge in [0.05, 0.1) is 24.1 Å². The molecule has 0 aliphatic heterocycles. The van der Waals surface area contributed by atoms with Gasteiger partial charge >= 0.3 is 5.97 Å². The molecule has 0 atom stereocenters. The van der Waals surface area contributed by atoms with Crippen LogP contribution >= 0.6 is 0 Å². The van der Waals surface area contributed by atoms with Gasteiger partial charge < -0.3 is 10.5 Å². The Bertz CT molecular complexity index is 386. The van der Waals surface area contributed by atoms with Gasteiger partial charge in [-0.1, -0.05) is 6.58 Å². The fourth-order valence-corrected chi connectivity index (χ4v) is 1.07. The molecule has 0 radical (unpaired) electrons. The number of hydrogen-bond donors (Lipinski definition) is 1. The van der Waals surface area contributed by atoms with E-state index in [0.717, 1.165) is 5.57 Å². The molecule has 74 valence electrons. The standard InChI is InChI=1S/C10H12N2O2/c1-6(2)9-8(11)4-7(5-12-9)10(13)14-3/h4-5H,1,11H2,2-3H3. The maximum Gasteiger partial charge on any atom is 0.339 e. The highest BCUT2D eigenvalue weighted by Crippen LogP contribution is 2.18. The summed E-state index contributed by atoms with van der Waals surface area (Å²) >= 11 is 0. The Morgan fingerprint density at radius 1 is 1.64 bits per heavy atom. The van der Waals surface area contributed by atoms with E-state index in [-0.39, 0.29) is 0 Å². The lowest BCUT2D eigenvalue weighted by Gasteiger charge is -2.05. The van der Waals surface area contributed by atoms with Crippen LogP contribution < -0.4 is 5.73 Å². The Labute approximate surface area is 82.4 Å². The first-order valence-electron chi connectivity index (χ1n) is 4.06. The molecule has 0 aliphatic carbocycles. The summed E-state index contributed by atoms with van der Waals surface area (Å²) in [5.74, 6) is -0.447. The second kappa shape index (κ2) is 3.91. The molecule has 0 fully saturated rings. The number of nitrogen functional groups attached to an aromatic ring is 1. The van der Waals surface area contributed by atoms with Gasteiger partial charge in [0, 0.05) is 6.20 Å². The Morgan fingerprint density at radius 3 is 2.71 bits per heavy atom. The van der Waals surface area contributed by atoms with Crippen molar-refractivity contribution in [3.63, 3.8) is 0 Å². The van der Waals surface area contributed by atoms with Gasteiger partial charge in [0.2, 0.25) is 0 Å². The zero-order valence-corrected chi connectivity index (χ0v) is 8.20. The molecule has 0 amide bonds. The van der Waals surface area contributed by atoms with Crippen molar-refractivity contribution in [1.29, 1.82) is 0 Å². The summed E-state index contributed by atoms with van der Waals surface area (Å²) in [5, 5.41) is 0. The number of carbonyl (C=O) groups excluding carboxylic acids is 1. The number of rotatable bonds is 2. The van der Waals surface area contributed by atoms with Crippen LogP contribution in [0.2, 0.25) is 0 Å². The van der Waals surface area contributed by atoms with Crippen molar-refractivity contribution in [2.45, 2.75) is 6.92 Å². The Hall–Kier alpha value is -1.84. The number of pyridine rings is 1. The molecule has 1 rings (SSSR count). The molecule has 4 heteroatoms. The van der Waals surface area contributed by atoms with Crippen LogP contribution in [0.1, 0.15) is 23.0 Å². The second-order valence-corrected chi connectivity index (χ2v) is 2.93. The summed E-state index contributed by atoms with van der Waals surface area (Å²) in [6, 6.07) is 1.53. The number of ether oxygens (including phenoxy) is 1. The lowest BCUT2D eigenvalue weighted by Crippen LogP contribution is -2.05. The zero-order valence-electron chi connectivity index (χ0n) is 8.20. The molecule has 1 aromatic rings. The first-order chi connectivity index (χ1) is 6.56. The average molecular weight is 192 g/mol. The molecule has 0 spiro atoms. The van der Waals surface area contributed by atoms with Crippen molar-refractivity contribution in [3.8, 4) is 0 Å². The molecule has 0 unspecified atom stereocenters. The number of anilines is 1. The van der Waals surface area contributed by atoms with Crippen LogP contribution in [0.15, 0.2) is 18.8 Å². The molecule has 0 bridgehead atoms. The van der Waals surface area contributed by atoms with Crippen molar-refractivity contribution in [1.82, 2.24) is 4.98 Å². The van der Waals surface area contributed by atoms with E-state index in [1.165, 1.54) is 19.4 Å². The number of carbonyl (C=O) groups is 1. The highest BCUT2D eigenvalue weighted by atomic mass is 16.5. The van der Waals surface area contributed by atoms with Gasteiger partial charge in [-0.2, -0.15) is 0 Å². The van der Waals surface area contributed by atoms with E-state index < -0.39 is 5.97 Å². The topological polar surface area (TPSA) is 65.2 Å². The molecular formula is C10H12N2O2. The van der Waals surface area contributed by atoms with E-state index in [9.17, 15) is 4.79 Å². The lowest BCUT2D eigenvalue weighted by molar-refractivity contribution is 0.0600. The van der Waals surface area contributed by atoms with Gasteiger partial charge in [0.15, 0.2) is 0 Å². The molecule has 1 heterocycles. The monoisotopic (exact) mass is 192 g/mol. The maximum atomic E-state index is 11.1. The van der Waals surface area contributed by atoms with E-state index in [4.69, 9.17) is 5.73 Å². The fraction of sp³-hybridized carbons (Fsp3) is 0.200. The van der Waals surface area contributed by atoms with Gasteiger partial charge in [-0.15, -0.1) is 0 Å². The van der Waals surface area contributed by atoms with Crippen LogP contribution in [-0.4, -0.2) is 18.1 Å². The minimum atomic E-state index is -0.447. The number of esters is 1. The van der Waals surface area contributed by atoms with Gasteiger partial charge in [0.1, 0.15) is 0 Å². The van der Waals surface area contributed by atoms with Crippen molar-refractivity contribution in [2.24, 2.45) is 0 Å². The Balaban J connectivity index is 3.12. The van der Waals surface area contributed by atoms with E-state index >= 15 is 0 Å². The van der Waals surface area contributed by atoms with Crippen LogP contribution in [0.4, 0.5) is 5.69 Å². The maximum absolute atomic E-state index is 11.1. The minimum absolute atomic E-state index is 0.343. The molecule has 14 heavy (non-hydrogen) atoms. The molecule has 2 N–H and O–H groups in total. The van der Waals surface area contributed by atoms with E-state index in [0.29, 0.717) is 16.9 Å². The van der Waals surface area contributed by atoms with Crippen LogP contribution in [0.25, 0.3) is 5.57 Å². The van der Waals surface area contributed by atoms with E-state index in [1.807, 2.05) is 0 Å². The third kappa shape index (κ3) is 1.90. The van der Waals surface area contributed by atoms with Crippen molar-refractivity contribution < 1.29 is 9.53 Å². The number of aromatic nitrogens is 1. The van der Waals surface area contributed by atoms with Crippen molar-refractivity contribution in [3.05, 3.63) is 30.1 Å². The van der Waals surface area contributed by atoms with Crippen LogP contribution in [0, 0.1) is 0 Å². The molecule has 0 aromatic carbocycles. The number of hydrogen-bond acceptors (Lipinski definition) is 4. The normalized spacial score (nSPS) is 9.57. The summed E-state index contributed by atoms with van der Waals surface area (Å²) in [4.78, 5) is 15.1. The van der Waals surface area contributed by atoms with Gasteiger partial charge in [-0.25, -0.2) is 4.79 Å². The third-order valence-corrected chi connectivity index (χ3v) is 1.74. The third-order valence-electron chi connectivity index (χ3n) is 1.74. The fourth-order valence-electron chi connectivity index (χ4n) is 1.07. The Kier molecular flexibility index (Phi) is 2.86. The number of allylic oxidation sites excluding steroid dienone is 1. The number of methoxy groups -OCH3 is 1. The van der Waals surface area contributed by atoms with Gasteiger partial charge in [-0.05, 0) is 18.6 Å². The molecule has 0 saturated heterocycles. The summed E-state index contributed by atoms with van der Waals surface area (Å²) < 4.78 is 4.53. The summed E-state index contributed by atoms with van der Waals surface area (Å²) in [5.41, 5.74) is 7.83. The first-order valence-corrected chi connectivity index (χ1v) is 4.06. The second-order valence-electron chi connectivity index (χ2n) is 2.93. The molecule has 0 saturated carbocycles. The van der Waals surface area contributed by atoms with E-state index in [2.05, 4.69) is 16.3 Å². The van der Waals surface area contributed by atoms with Crippen LogP contribution in [0.3, 0.4) is 0 Å². The van der Waals surface area contributed by atoms with Crippen LogP contribution in [-0.2, 0) is 4.74 Å². The predicted molar refractivity (Wildman–Crippen MR) is 54.7 cm³/mol. The Morgan fingerprint density at radius 2 is 2.29 bits per heavy atom. The average Bonchev–Trinajstić information content (AvgIpc) is 2.15. The van der Waals surface area contributed by atoms with Gasteiger partial charge in [-0.3, -0.25) is 4.98 Å². The largest absolute Gasteiger partial charge is 0.465 e. The molecule has 1 aromatic heterocycles. The van der Waals surface area contributed by atoms with Crippen LogP contribution in [0.5, 0.6) is 0 Å². The highest BCUT2D eigenvalue weighted by Gasteiger charge is 2.09. The SMILES string of the molecule is C=C(C)c1ncc(C(=O)OC)cc1N. The van der Waals surface area contributed by atoms with E-state index in [1.54, 1.807) is 6.92 Å². The van der Waals surface area contributed by atoms with Gasteiger partial charge in [0.25, 0.3) is 0 Å². The lowest BCUT2D eigenvalue weighted by atomic mass is 10.1. The smallest absolute Gasteiger partial charge is 0.339 e. The minimum Gasteiger partial charge on any atom is -0.465 e. The highest BCUT2D eigenvalue weighted by molar-refractivity contribution is 5.90. The summed E-state index contributed by atoms with van der Waals surface area (Å²) in [6.07, 6.45) is 1.42. The predicted octanol–water partition coefficient (Wildman–Crippen LogP) is 1.48. The summed E-state index contributed by atoms with van der Waals surface area (Å²) in [6.45, 7) is 5.52. The molecule has 4 nitrogen and oxygen atoms in total. The molecular weight excluding hydrogens is 180 g/mol. The number of nitrogens with two attached hydrogens (primary N) is 1. The van der Waals surface area contributed by atoms with Crippen molar-refractivity contribution >= 4 is 17.2 Å². The first kappa shape index (κ1) is 10.2. The quantitative estimate of drug-likeness (QED) is 0.721. The van der Waals surface area contributed by atoms with Crippen molar-refractivity contribution in [2.75, 3.05) is 12.8 Å². The summed E-state index contributed by atoms with van der Waals surface area (Å²) in [7, 11) is 1.31. The number of nitrogens with zero attached hydrogens (tertiary/aromatic N) is 1.